The van der Waals surface area contributed by atoms with Gasteiger partial charge in [-0.2, -0.15) is 5.26 Å². The largest absolute Gasteiger partial charge is 0.290 e. The maximum absolute atomic E-state index is 9.42. The first-order valence-corrected chi connectivity index (χ1v) is 13.9. The summed E-state index contributed by atoms with van der Waals surface area (Å²) >= 11 is 1.79. The van der Waals surface area contributed by atoms with Gasteiger partial charge in [0.05, 0.1) is 11.6 Å². The Hall–Kier alpha value is -4.72. The molecule has 39 heavy (non-hydrogen) atoms. The van der Waals surface area contributed by atoms with Crippen molar-refractivity contribution in [3.8, 4) is 39.4 Å². The molecule has 3 heterocycles. The van der Waals surface area contributed by atoms with E-state index < -0.39 is 0 Å². The summed E-state index contributed by atoms with van der Waals surface area (Å²) in [6.45, 7) is 4.51. The van der Waals surface area contributed by atoms with E-state index in [4.69, 9.17) is 4.98 Å². The summed E-state index contributed by atoms with van der Waals surface area (Å²) in [7, 11) is 0. The Morgan fingerprint density at radius 1 is 0.744 bits per heavy atom. The second kappa shape index (κ2) is 7.89. The van der Waals surface area contributed by atoms with Crippen LogP contribution in [0.5, 0.6) is 0 Å². The van der Waals surface area contributed by atoms with E-state index in [1.54, 1.807) is 11.3 Å². The number of imidazole rings is 1. The van der Waals surface area contributed by atoms with Crippen LogP contribution in [0.25, 0.3) is 59.5 Å². The molecule has 0 N–H and O–H groups in total. The molecule has 1 aliphatic carbocycles. The maximum Gasteiger partial charge on any atom is 0.138 e. The average Bonchev–Trinajstić information content (AvgIpc) is 3.59. The summed E-state index contributed by atoms with van der Waals surface area (Å²) in [5, 5.41) is 10.6. The average molecular weight is 518 g/mol. The lowest BCUT2D eigenvalue weighted by Gasteiger charge is -2.22. The van der Waals surface area contributed by atoms with Crippen molar-refractivity contribution >= 4 is 37.4 Å². The molecule has 7 aromatic rings. The molecular formula is C35H23N3S. The SMILES string of the molecule is CC1(C)c2cc(C#N)ccc2-c2ccc(-c3ccc(-c4ccc5nc6c7ccccc7sc6n5c4)cc3)cc21. The van der Waals surface area contributed by atoms with E-state index in [2.05, 4.69) is 115 Å². The highest BCUT2D eigenvalue weighted by molar-refractivity contribution is 7.25. The monoisotopic (exact) mass is 517 g/mol. The Labute approximate surface area is 230 Å². The van der Waals surface area contributed by atoms with Crippen LogP contribution in [-0.2, 0) is 5.41 Å². The zero-order valence-corrected chi connectivity index (χ0v) is 22.4. The molecule has 3 aromatic heterocycles. The second-order valence-corrected chi connectivity index (χ2v) is 11.9. The van der Waals surface area contributed by atoms with Crippen LogP contribution in [0.4, 0.5) is 0 Å². The van der Waals surface area contributed by atoms with E-state index in [0.29, 0.717) is 5.56 Å². The summed E-state index contributed by atoms with van der Waals surface area (Å²) in [5.74, 6) is 0. The molecule has 0 bridgehead atoms. The zero-order chi connectivity index (χ0) is 26.3. The zero-order valence-electron chi connectivity index (χ0n) is 21.6. The first-order chi connectivity index (χ1) is 19.0. The topological polar surface area (TPSA) is 41.1 Å². The van der Waals surface area contributed by atoms with Crippen molar-refractivity contribution in [1.82, 2.24) is 9.38 Å². The number of fused-ring (bicyclic) bond motifs is 8. The Morgan fingerprint density at radius 3 is 2.21 bits per heavy atom. The highest BCUT2D eigenvalue weighted by Crippen LogP contribution is 2.50. The number of nitrogens with zero attached hydrogens (tertiary/aromatic N) is 3. The van der Waals surface area contributed by atoms with Crippen molar-refractivity contribution in [1.29, 1.82) is 5.26 Å². The summed E-state index contributed by atoms with van der Waals surface area (Å²) in [6, 6.07) is 36.8. The number of rotatable bonds is 2. The third-order valence-electron chi connectivity index (χ3n) is 8.28. The van der Waals surface area contributed by atoms with E-state index in [1.807, 2.05) is 12.1 Å². The number of nitriles is 1. The summed E-state index contributed by atoms with van der Waals surface area (Å²) in [6.07, 6.45) is 2.21. The van der Waals surface area contributed by atoms with Gasteiger partial charge in [0, 0.05) is 21.7 Å². The van der Waals surface area contributed by atoms with Crippen LogP contribution in [-0.4, -0.2) is 9.38 Å². The van der Waals surface area contributed by atoms with Crippen molar-refractivity contribution < 1.29 is 0 Å². The molecule has 1 aliphatic rings. The van der Waals surface area contributed by atoms with Crippen molar-refractivity contribution in [3.05, 3.63) is 120 Å². The quantitative estimate of drug-likeness (QED) is 0.229. The van der Waals surface area contributed by atoms with Crippen molar-refractivity contribution in [2.75, 3.05) is 0 Å². The van der Waals surface area contributed by atoms with Crippen LogP contribution in [0.2, 0.25) is 0 Å². The van der Waals surface area contributed by atoms with Crippen LogP contribution < -0.4 is 0 Å². The molecule has 3 nitrogen and oxygen atoms in total. The summed E-state index contributed by atoms with van der Waals surface area (Å²) in [4.78, 5) is 6.10. The first kappa shape index (κ1) is 22.3. The molecule has 0 saturated carbocycles. The Morgan fingerprint density at radius 2 is 1.41 bits per heavy atom. The molecule has 0 spiro atoms. The number of hydrogen-bond acceptors (Lipinski definition) is 3. The highest BCUT2D eigenvalue weighted by Gasteiger charge is 2.35. The fraction of sp³-hybridized carbons (Fsp3) is 0.0857. The van der Waals surface area contributed by atoms with Crippen LogP contribution in [0.3, 0.4) is 0 Å². The predicted octanol–water partition coefficient (Wildman–Crippen LogP) is 9.21. The Bertz CT molecular complexity index is 2150. The van der Waals surface area contributed by atoms with E-state index in [-0.39, 0.29) is 5.41 Å². The molecule has 0 aliphatic heterocycles. The summed E-state index contributed by atoms with van der Waals surface area (Å²) < 4.78 is 3.49. The van der Waals surface area contributed by atoms with Gasteiger partial charge in [0.15, 0.2) is 0 Å². The maximum atomic E-state index is 9.42. The van der Waals surface area contributed by atoms with Crippen molar-refractivity contribution in [2.45, 2.75) is 19.3 Å². The van der Waals surface area contributed by atoms with Gasteiger partial charge in [-0.15, -0.1) is 11.3 Å². The van der Waals surface area contributed by atoms with Crippen LogP contribution in [0, 0.1) is 11.3 Å². The van der Waals surface area contributed by atoms with E-state index >= 15 is 0 Å². The van der Waals surface area contributed by atoms with E-state index in [1.165, 1.54) is 59.4 Å². The van der Waals surface area contributed by atoms with Gasteiger partial charge in [0.1, 0.15) is 16.0 Å². The minimum absolute atomic E-state index is 0.147. The number of hydrogen-bond donors (Lipinski definition) is 0. The van der Waals surface area contributed by atoms with Crippen LogP contribution >= 0.6 is 11.3 Å². The standard InChI is InChI=1S/C35H23N3S/c1-35(2)29-17-21(19-36)7-14-26(29)27-15-12-24(18-30(27)35)22-8-10-23(11-9-22)25-13-16-32-37-33-28-5-3-4-6-31(28)39-34(33)38(32)20-25/h3-18,20H,1-2H3. The van der Waals surface area contributed by atoms with Crippen LogP contribution in [0.1, 0.15) is 30.5 Å². The predicted molar refractivity (Wildman–Crippen MR) is 161 cm³/mol. The second-order valence-electron chi connectivity index (χ2n) is 10.8. The molecule has 0 radical (unpaired) electrons. The van der Waals surface area contributed by atoms with Gasteiger partial charge in [-0.1, -0.05) is 74.5 Å². The molecule has 8 rings (SSSR count). The van der Waals surface area contributed by atoms with Crippen LogP contribution in [0.15, 0.2) is 103 Å². The summed E-state index contributed by atoms with van der Waals surface area (Å²) in [5.41, 5.74) is 12.4. The Balaban J connectivity index is 1.16. The minimum atomic E-state index is -0.147. The van der Waals surface area contributed by atoms with Gasteiger partial charge in [-0.3, -0.25) is 4.40 Å². The molecule has 0 fully saturated rings. The number of pyridine rings is 1. The third kappa shape index (κ3) is 3.17. The van der Waals surface area contributed by atoms with Gasteiger partial charge in [-0.25, -0.2) is 4.98 Å². The van der Waals surface area contributed by atoms with Gasteiger partial charge in [0.25, 0.3) is 0 Å². The van der Waals surface area contributed by atoms with Gasteiger partial charge in [-0.05, 0) is 80.9 Å². The minimum Gasteiger partial charge on any atom is -0.290 e. The van der Waals surface area contributed by atoms with E-state index in [9.17, 15) is 5.26 Å². The van der Waals surface area contributed by atoms with Crippen molar-refractivity contribution in [2.24, 2.45) is 0 Å². The normalized spacial score (nSPS) is 13.6. The lowest BCUT2D eigenvalue weighted by Crippen LogP contribution is -2.15. The molecule has 0 saturated heterocycles. The molecule has 4 heteroatoms. The third-order valence-corrected chi connectivity index (χ3v) is 9.44. The Kier molecular flexibility index (Phi) is 4.51. The molecule has 0 amide bonds. The number of benzene rings is 4. The highest BCUT2D eigenvalue weighted by atomic mass is 32.1. The van der Waals surface area contributed by atoms with Crippen molar-refractivity contribution in [3.63, 3.8) is 0 Å². The van der Waals surface area contributed by atoms with E-state index in [0.717, 1.165) is 11.2 Å². The molecule has 0 unspecified atom stereocenters. The number of thiophene rings is 1. The molecular weight excluding hydrogens is 494 g/mol. The lowest BCUT2D eigenvalue weighted by atomic mass is 9.81. The lowest BCUT2D eigenvalue weighted by molar-refractivity contribution is 0.660. The van der Waals surface area contributed by atoms with Gasteiger partial charge in [0.2, 0.25) is 0 Å². The first-order valence-electron chi connectivity index (χ1n) is 13.1. The van der Waals surface area contributed by atoms with Gasteiger partial charge >= 0.3 is 0 Å². The molecule has 4 aromatic carbocycles. The molecule has 0 atom stereocenters. The smallest absolute Gasteiger partial charge is 0.138 e. The fourth-order valence-electron chi connectivity index (χ4n) is 6.16. The number of aromatic nitrogens is 2. The fourth-order valence-corrected chi connectivity index (χ4v) is 7.29. The molecule has 184 valence electrons. The van der Waals surface area contributed by atoms with Gasteiger partial charge < -0.3 is 0 Å².